The van der Waals surface area contributed by atoms with Gasteiger partial charge in [0.15, 0.2) is 0 Å². The highest BCUT2D eigenvalue weighted by Crippen LogP contribution is 2.41. The van der Waals surface area contributed by atoms with Crippen LogP contribution < -0.4 is 10.6 Å². The molecule has 3 aromatic rings. The van der Waals surface area contributed by atoms with E-state index in [0.29, 0.717) is 22.1 Å². The Bertz CT molecular complexity index is 1430. The van der Waals surface area contributed by atoms with Crippen molar-refractivity contribution in [3.05, 3.63) is 111 Å². The molecule has 1 atom stereocenters. The third kappa shape index (κ3) is 6.01. The Morgan fingerprint density at radius 2 is 1.79 bits per heavy atom. The average Bonchev–Trinajstić information content (AvgIpc) is 3.43. The number of allylic oxidation sites excluding steroid dienone is 2. The number of amides is 1. The minimum Gasteiger partial charge on any atom is -0.468 e. The second-order valence-electron chi connectivity index (χ2n) is 9.14. The Kier molecular flexibility index (Phi) is 8.39. The highest BCUT2D eigenvalue weighted by Gasteiger charge is 2.37. The van der Waals surface area contributed by atoms with Crippen LogP contribution in [0.3, 0.4) is 0 Å². The molecule has 0 fully saturated rings. The number of benzene rings is 2. The van der Waals surface area contributed by atoms with E-state index in [1.165, 1.54) is 18.0 Å². The van der Waals surface area contributed by atoms with Crippen LogP contribution in [-0.4, -0.2) is 17.6 Å². The Morgan fingerprint density at radius 3 is 2.42 bits per heavy atom. The molecule has 194 valence electrons. The Hall–Kier alpha value is -4.22. The SMILES string of the molecule is CC1=C(C(=O)OCc2ccccc2)[C@H](c2ccco2)C(C#N)=C(SCC(=O)Nc2c(C)cc(C)cc2C)N1. The number of hydrogen-bond acceptors (Lipinski definition) is 7. The molecular formula is C30H29N3O4S. The molecule has 2 heterocycles. The Balaban J connectivity index is 1.55. The smallest absolute Gasteiger partial charge is 0.337 e. The molecule has 38 heavy (non-hydrogen) atoms. The van der Waals surface area contributed by atoms with E-state index in [1.807, 2.05) is 63.2 Å². The highest BCUT2D eigenvalue weighted by molar-refractivity contribution is 8.03. The number of aryl methyl sites for hydroxylation is 3. The van der Waals surface area contributed by atoms with E-state index < -0.39 is 11.9 Å². The molecule has 0 saturated carbocycles. The number of thioether (sulfide) groups is 1. The van der Waals surface area contributed by atoms with E-state index in [0.717, 1.165) is 27.9 Å². The topological polar surface area (TPSA) is 104 Å². The monoisotopic (exact) mass is 527 g/mol. The summed E-state index contributed by atoms with van der Waals surface area (Å²) in [7, 11) is 0. The van der Waals surface area contributed by atoms with Crippen molar-refractivity contribution in [1.82, 2.24) is 5.32 Å². The summed E-state index contributed by atoms with van der Waals surface area (Å²) in [6.07, 6.45) is 1.50. The number of carbonyl (C=O) groups excluding carboxylic acids is 2. The number of dihydropyridines is 1. The number of nitrogens with one attached hydrogen (secondary N) is 2. The van der Waals surface area contributed by atoms with Gasteiger partial charge in [-0.3, -0.25) is 4.79 Å². The summed E-state index contributed by atoms with van der Waals surface area (Å²) in [6.45, 7) is 7.79. The molecule has 1 aliphatic heterocycles. The van der Waals surface area contributed by atoms with Gasteiger partial charge in [-0.2, -0.15) is 5.26 Å². The zero-order valence-corrected chi connectivity index (χ0v) is 22.6. The highest BCUT2D eigenvalue weighted by atomic mass is 32.2. The summed E-state index contributed by atoms with van der Waals surface area (Å²) in [6, 6.07) is 19.1. The van der Waals surface area contributed by atoms with Gasteiger partial charge in [-0.25, -0.2) is 4.79 Å². The van der Waals surface area contributed by atoms with Gasteiger partial charge in [0.2, 0.25) is 5.91 Å². The average molecular weight is 528 g/mol. The first-order valence-corrected chi connectivity index (χ1v) is 13.1. The maximum atomic E-state index is 13.2. The van der Waals surface area contributed by atoms with Crippen LogP contribution in [0.25, 0.3) is 0 Å². The Morgan fingerprint density at radius 1 is 1.08 bits per heavy atom. The van der Waals surface area contributed by atoms with Gasteiger partial charge in [-0.1, -0.05) is 59.8 Å². The molecule has 2 aromatic carbocycles. The molecule has 1 amide bonds. The van der Waals surface area contributed by atoms with Gasteiger partial charge in [0.1, 0.15) is 12.4 Å². The number of esters is 1. The number of anilines is 1. The van der Waals surface area contributed by atoms with Crippen LogP contribution in [0.1, 0.15) is 40.9 Å². The molecule has 1 aliphatic rings. The fraction of sp³-hybridized carbons (Fsp3) is 0.233. The van der Waals surface area contributed by atoms with Crippen LogP contribution in [0.4, 0.5) is 5.69 Å². The summed E-state index contributed by atoms with van der Waals surface area (Å²) in [4.78, 5) is 26.1. The third-order valence-electron chi connectivity index (χ3n) is 6.20. The molecule has 0 radical (unpaired) electrons. The fourth-order valence-corrected chi connectivity index (χ4v) is 5.42. The van der Waals surface area contributed by atoms with E-state index >= 15 is 0 Å². The number of nitrogens with zero attached hydrogens (tertiary/aromatic N) is 1. The summed E-state index contributed by atoms with van der Waals surface area (Å²) in [5.41, 5.74) is 5.89. The molecule has 2 N–H and O–H groups in total. The van der Waals surface area contributed by atoms with E-state index in [9.17, 15) is 14.9 Å². The fourth-order valence-electron chi connectivity index (χ4n) is 4.53. The number of nitriles is 1. The summed E-state index contributed by atoms with van der Waals surface area (Å²) in [5.74, 6) is -0.971. The second-order valence-corrected chi connectivity index (χ2v) is 10.1. The summed E-state index contributed by atoms with van der Waals surface area (Å²) >= 11 is 1.21. The lowest BCUT2D eigenvalue weighted by molar-refractivity contribution is -0.140. The van der Waals surface area contributed by atoms with Crippen LogP contribution in [0.2, 0.25) is 0 Å². The van der Waals surface area contributed by atoms with Gasteiger partial charge >= 0.3 is 5.97 Å². The molecular weight excluding hydrogens is 498 g/mol. The normalized spacial score (nSPS) is 15.1. The van der Waals surface area contributed by atoms with Gasteiger partial charge in [0, 0.05) is 11.4 Å². The van der Waals surface area contributed by atoms with Crippen molar-refractivity contribution < 1.29 is 18.7 Å². The van der Waals surface area contributed by atoms with Crippen LogP contribution in [0.15, 0.2) is 87.1 Å². The van der Waals surface area contributed by atoms with Gasteiger partial charge in [0.05, 0.1) is 40.2 Å². The molecule has 0 saturated heterocycles. The van der Waals surface area contributed by atoms with Crippen LogP contribution in [0.5, 0.6) is 0 Å². The zero-order valence-electron chi connectivity index (χ0n) is 21.8. The molecule has 1 aromatic heterocycles. The number of ether oxygens (including phenoxy) is 1. The van der Waals surface area contributed by atoms with E-state index in [4.69, 9.17) is 9.15 Å². The van der Waals surface area contributed by atoms with E-state index in [2.05, 4.69) is 16.7 Å². The van der Waals surface area contributed by atoms with Crippen molar-refractivity contribution in [2.75, 3.05) is 11.1 Å². The standard InChI is InChI=1S/C30H29N3O4S/c1-18-13-19(2)28(20(3)14-18)33-25(34)17-38-29-23(15-31)27(24-11-8-12-36-24)26(21(4)32-29)30(35)37-16-22-9-6-5-7-10-22/h5-14,27,32H,16-17H2,1-4H3,(H,33,34)/t27-/m0/s1. The second kappa shape index (κ2) is 11.9. The Labute approximate surface area is 226 Å². The predicted molar refractivity (Wildman–Crippen MR) is 148 cm³/mol. The lowest BCUT2D eigenvalue weighted by atomic mass is 9.86. The molecule has 0 spiro atoms. The van der Waals surface area contributed by atoms with Gasteiger partial charge in [0.25, 0.3) is 0 Å². The summed E-state index contributed by atoms with van der Waals surface area (Å²) < 4.78 is 11.3. The first-order valence-electron chi connectivity index (χ1n) is 12.2. The van der Waals surface area contributed by atoms with E-state index in [-0.39, 0.29) is 23.8 Å². The van der Waals surface area contributed by atoms with Crippen LogP contribution in [-0.2, 0) is 20.9 Å². The molecule has 0 aliphatic carbocycles. The van der Waals surface area contributed by atoms with E-state index in [1.54, 1.807) is 19.1 Å². The van der Waals surface area contributed by atoms with Gasteiger partial charge in [-0.05, 0) is 56.5 Å². The van der Waals surface area contributed by atoms with Crippen molar-refractivity contribution in [2.45, 2.75) is 40.2 Å². The van der Waals surface area contributed by atoms with Crippen molar-refractivity contribution in [1.29, 1.82) is 5.26 Å². The quantitative estimate of drug-likeness (QED) is 0.345. The number of furan rings is 1. The molecule has 7 nitrogen and oxygen atoms in total. The molecule has 4 rings (SSSR count). The van der Waals surface area contributed by atoms with Gasteiger partial charge < -0.3 is 19.8 Å². The van der Waals surface area contributed by atoms with Crippen molar-refractivity contribution in [3.8, 4) is 6.07 Å². The molecule has 0 unspecified atom stereocenters. The molecule has 8 heteroatoms. The molecule has 0 bridgehead atoms. The predicted octanol–water partition coefficient (Wildman–Crippen LogP) is 6.02. The number of hydrogen-bond donors (Lipinski definition) is 2. The van der Waals surface area contributed by atoms with Crippen LogP contribution in [0, 0.1) is 32.1 Å². The van der Waals surface area contributed by atoms with Crippen molar-refractivity contribution in [3.63, 3.8) is 0 Å². The lowest BCUT2D eigenvalue weighted by Crippen LogP contribution is -2.29. The minimum atomic E-state index is -0.758. The number of carbonyl (C=O) groups is 2. The van der Waals surface area contributed by atoms with Crippen molar-refractivity contribution in [2.24, 2.45) is 0 Å². The van der Waals surface area contributed by atoms with Crippen molar-refractivity contribution >= 4 is 29.3 Å². The zero-order chi connectivity index (χ0) is 27.2. The lowest BCUT2D eigenvalue weighted by Gasteiger charge is -2.28. The maximum absolute atomic E-state index is 13.2. The maximum Gasteiger partial charge on any atom is 0.337 e. The summed E-state index contributed by atoms with van der Waals surface area (Å²) in [5, 5.41) is 16.8. The van der Waals surface area contributed by atoms with Gasteiger partial charge in [-0.15, -0.1) is 0 Å². The first kappa shape index (κ1) is 26.8. The number of rotatable bonds is 8. The largest absolute Gasteiger partial charge is 0.468 e. The first-order chi connectivity index (χ1) is 18.3. The minimum absolute atomic E-state index is 0.0756. The third-order valence-corrected chi connectivity index (χ3v) is 7.21. The van der Waals surface area contributed by atoms with Crippen LogP contribution >= 0.6 is 11.8 Å².